The molecular weight excluding hydrogens is 168 g/mol. The molecule has 0 heterocycles. The van der Waals surface area contributed by atoms with Crippen molar-refractivity contribution >= 4 is 6.08 Å². The van der Waals surface area contributed by atoms with Crippen molar-refractivity contribution in [1.29, 1.82) is 0 Å². The number of phenols is 1. The maximum atomic E-state index is 9.54. The molecule has 0 fully saturated rings. The SMILES string of the molecule is Oc1ccc2c(c1)C=C[C@@H](O)[C@@H]2O. The fraction of sp³-hybridized carbons (Fsp3) is 0.200. The summed E-state index contributed by atoms with van der Waals surface area (Å²) in [5.74, 6) is 0.159. The van der Waals surface area contributed by atoms with Gasteiger partial charge in [0.2, 0.25) is 0 Å². The zero-order chi connectivity index (χ0) is 9.42. The Labute approximate surface area is 75.6 Å². The molecule has 68 valence electrons. The number of hydrogen-bond donors (Lipinski definition) is 3. The van der Waals surface area contributed by atoms with Gasteiger partial charge >= 0.3 is 0 Å². The molecule has 0 aromatic heterocycles. The number of benzene rings is 1. The van der Waals surface area contributed by atoms with Gasteiger partial charge < -0.3 is 15.3 Å². The predicted octanol–water partition coefficient (Wildman–Crippen LogP) is 0.813. The van der Waals surface area contributed by atoms with E-state index in [-0.39, 0.29) is 5.75 Å². The van der Waals surface area contributed by atoms with E-state index in [2.05, 4.69) is 0 Å². The van der Waals surface area contributed by atoms with E-state index in [1.165, 1.54) is 12.1 Å². The van der Waals surface area contributed by atoms with Crippen molar-refractivity contribution in [2.24, 2.45) is 0 Å². The van der Waals surface area contributed by atoms with Gasteiger partial charge in [-0.15, -0.1) is 0 Å². The van der Waals surface area contributed by atoms with Crippen LogP contribution in [0.5, 0.6) is 5.75 Å². The highest BCUT2D eigenvalue weighted by Crippen LogP contribution is 2.30. The molecule has 0 unspecified atom stereocenters. The summed E-state index contributed by atoms with van der Waals surface area (Å²) in [6.45, 7) is 0. The van der Waals surface area contributed by atoms with Gasteiger partial charge in [0.25, 0.3) is 0 Å². The third-order valence-electron chi connectivity index (χ3n) is 2.19. The first kappa shape index (κ1) is 8.29. The molecule has 3 N–H and O–H groups in total. The topological polar surface area (TPSA) is 60.7 Å². The molecule has 2 atom stereocenters. The largest absolute Gasteiger partial charge is 0.508 e. The van der Waals surface area contributed by atoms with E-state index >= 15 is 0 Å². The summed E-state index contributed by atoms with van der Waals surface area (Å²) in [6, 6.07) is 4.66. The van der Waals surface area contributed by atoms with E-state index in [0.717, 1.165) is 5.56 Å². The van der Waals surface area contributed by atoms with Gasteiger partial charge in [0, 0.05) is 0 Å². The molecule has 0 saturated carbocycles. The Hall–Kier alpha value is -1.32. The fourth-order valence-corrected chi connectivity index (χ4v) is 1.47. The second-order valence-corrected chi connectivity index (χ2v) is 3.11. The van der Waals surface area contributed by atoms with Crippen LogP contribution >= 0.6 is 0 Å². The molecule has 1 aromatic carbocycles. The first-order valence-corrected chi connectivity index (χ1v) is 4.06. The van der Waals surface area contributed by atoms with Gasteiger partial charge in [-0.25, -0.2) is 0 Å². The summed E-state index contributed by atoms with van der Waals surface area (Å²) < 4.78 is 0. The molecule has 13 heavy (non-hydrogen) atoms. The van der Waals surface area contributed by atoms with Crippen molar-refractivity contribution in [2.75, 3.05) is 0 Å². The van der Waals surface area contributed by atoms with Crippen LogP contribution in [0.3, 0.4) is 0 Å². The average molecular weight is 178 g/mol. The Balaban J connectivity index is 2.52. The van der Waals surface area contributed by atoms with Crippen molar-refractivity contribution in [3.8, 4) is 5.75 Å². The normalized spacial score (nSPS) is 25.7. The molecule has 0 saturated heterocycles. The molecule has 0 bridgehead atoms. The van der Waals surface area contributed by atoms with Crippen molar-refractivity contribution < 1.29 is 15.3 Å². The van der Waals surface area contributed by atoms with Crippen molar-refractivity contribution in [3.05, 3.63) is 35.4 Å². The smallest absolute Gasteiger partial charge is 0.116 e. The molecule has 1 aliphatic carbocycles. The molecule has 0 aliphatic heterocycles. The lowest BCUT2D eigenvalue weighted by Crippen LogP contribution is -2.19. The molecule has 3 nitrogen and oxygen atoms in total. The Morgan fingerprint density at radius 3 is 2.69 bits per heavy atom. The summed E-state index contributed by atoms with van der Waals surface area (Å²) >= 11 is 0. The van der Waals surface area contributed by atoms with Crippen molar-refractivity contribution in [1.82, 2.24) is 0 Å². The maximum absolute atomic E-state index is 9.54. The minimum Gasteiger partial charge on any atom is -0.508 e. The monoisotopic (exact) mass is 178 g/mol. The van der Waals surface area contributed by atoms with Crippen LogP contribution in [0, 0.1) is 0 Å². The van der Waals surface area contributed by atoms with E-state index < -0.39 is 12.2 Å². The number of rotatable bonds is 0. The lowest BCUT2D eigenvalue weighted by Gasteiger charge is -2.21. The molecule has 3 heteroatoms. The molecule has 1 aromatic rings. The second kappa shape index (κ2) is 2.87. The number of fused-ring (bicyclic) bond motifs is 1. The number of hydrogen-bond acceptors (Lipinski definition) is 3. The van der Waals surface area contributed by atoms with Crippen molar-refractivity contribution in [2.45, 2.75) is 12.2 Å². The van der Waals surface area contributed by atoms with Crippen LogP contribution < -0.4 is 0 Å². The summed E-state index contributed by atoms with van der Waals surface area (Å²) in [5.41, 5.74) is 1.39. The number of aliphatic hydroxyl groups excluding tert-OH is 2. The molecular formula is C10H10O3. The van der Waals surface area contributed by atoms with Crippen LogP contribution in [0.15, 0.2) is 24.3 Å². The van der Waals surface area contributed by atoms with Gasteiger partial charge in [-0.05, 0) is 23.3 Å². The van der Waals surface area contributed by atoms with Gasteiger partial charge in [0.1, 0.15) is 18.0 Å². The van der Waals surface area contributed by atoms with Crippen molar-refractivity contribution in [3.63, 3.8) is 0 Å². The van der Waals surface area contributed by atoms with E-state index in [1.54, 1.807) is 18.2 Å². The quantitative estimate of drug-likeness (QED) is 0.551. The van der Waals surface area contributed by atoms with E-state index in [9.17, 15) is 10.2 Å². The number of aromatic hydroxyl groups is 1. The molecule has 0 amide bonds. The number of phenolic OH excluding ortho intramolecular Hbond substituents is 1. The minimum atomic E-state index is -0.888. The molecule has 2 rings (SSSR count). The van der Waals surface area contributed by atoms with Crippen LogP contribution in [0.1, 0.15) is 17.2 Å². The first-order valence-electron chi connectivity index (χ1n) is 4.06. The predicted molar refractivity (Wildman–Crippen MR) is 48.1 cm³/mol. The Morgan fingerprint density at radius 2 is 1.92 bits per heavy atom. The lowest BCUT2D eigenvalue weighted by molar-refractivity contribution is 0.0470. The first-order chi connectivity index (χ1) is 6.18. The molecule has 0 radical (unpaired) electrons. The Bertz CT molecular complexity index is 357. The summed E-state index contributed by atoms with van der Waals surface area (Å²) in [6.07, 6.45) is 1.46. The van der Waals surface area contributed by atoms with Crippen LogP contribution in [-0.4, -0.2) is 21.4 Å². The van der Waals surface area contributed by atoms with Crippen LogP contribution in [0.2, 0.25) is 0 Å². The van der Waals surface area contributed by atoms with E-state index in [1.807, 2.05) is 0 Å². The van der Waals surface area contributed by atoms with Gasteiger partial charge in [0.15, 0.2) is 0 Å². The third-order valence-corrected chi connectivity index (χ3v) is 2.19. The third kappa shape index (κ3) is 1.32. The van der Waals surface area contributed by atoms with Gasteiger partial charge in [-0.3, -0.25) is 0 Å². The maximum Gasteiger partial charge on any atom is 0.116 e. The van der Waals surface area contributed by atoms with E-state index in [4.69, 9.17) is 5.11 Å². The fourth-order valence-electron chi connectivity index (χ4n) is 1.47. The zero-order valence-electron chi connectivity index (χ0n) is 6.88. The lowest BCUT2D eigenvalue weighted by atomic mass is 9.93. The highest BCUT2D eigenvalue weighted by atomic mass is 16.3. The second-order valence-electron chi connectivity index (χ2n) is 3.11. The average Bonchev–Trinajstić information content (AvgIpc) is 2.12. The standard InChI is InChI=1S/C10H10O3/c11-7-2-3-8-6(5-7)1-4-9(12)10(8)13/h1-5,9-13H/t9-,10-/m1/s1. The Kier molecular flexibility index (Phi) is 1.83. The summed E-state index contributed by atoms with van der Waals surface area (Å²) in [5, 5.41) is 28.0. The molecule has 0 spiro atoms. The highest BCUT2D eigenvalue weighted by molar-refractivity contribution is 5.60. The highest BCUT2D eigenvalue weighted by Gasteiger charge is 2.21. The van der Waals surface area contributed by atoms with Crippen LogP contribution in [0.4, 0.5) is 0 Å². The molecule has 1 aliphatic rings. The number of aliphatic hydroxyl groups is 2. The van der Waals surface area contributed by atoms with Gasteiger partial charge in [-0.1, -0.05) is 18.2 Å². The summed E-state index contributed by atoms with van der Waals surface area (Å²) in [7, 11) is 0. The van der Waals surface area contributed by atoms with E-state index in [0.29, 0.717) is 5.56 Å². The van der Waals surface area contributed by atoms with Crippen LogP contribution in [-0.2, 0) is 0 Å². The van der Waals surface area contributed by atoms with Gasteiger partial charge in [-0.2, -0.15) is 0 Å². The van der Waals surface area contributed by atoms with Gasteiger partial charge in [0.05, 0.1) is 0 Å². The zero-order valence-corrected chi connectivity index (χ0v) is 6.88. The summed E-state index contributed by atoms with van der Waals surface area (Å²) in [4.78, 5) is 0. The minimum absolute atomic E-state index is 0.159. The Morgan fingerprint density at radius 1 is 1.15 bits per heavy atom. The van der Waals surface area contributed by atoms with Crippen LogP contribution in [0.25, 0.3) is 6.08 Å².